The van der Waals surface area contributed by atoms with Gasteiger partial charge in [0.05, 0.1) is 19.3 Å². The number of benzene rings is 2. The zero-order chi connectivity index (χ0) is 24.2. The summed E-state index contributed by atoms with van der Waals surface area (Å²) in [5.74, 6) is -2.21. The molecule has 0 spiro atoms. The Kier molecular flexibility index (Phi) is 7.17. The summed E-state index contributed by atoms with van der Waals surface area (Å²) in [4.78, 5) is 38.7. The van der Waals surface area contributed by atoms with Gasteiger partial charge < -0.3 is 24.8 Å². The third-order valence-electron chi connectivity index (χ3n) is 6.72. The number of likely N-dealkylation sites (N-methyl/N-ethyl adjacent to an activating group) is 1. The summed E-state index contributed by atoms with van der Waals surface area (Å²) in [6.07, 6.45) is 0.412. The first-order chi connectivity index (χ1) is 16.4. The van der Waals surface area contributed by atoms with E-state index in [9.17, 15) is 19.5 Å². The Labute approximate surface area is 198 Å². The van der Waals surface area contributed by atoms with Crippen molar-refractivity contribution in [3.8, 4) is 11.1 Å². The highest BCUT2D eigenvalue weighted by Crippen LogP contribution is 2.44. The average Bonchev–Trinajstić information content (AvgIpc) is 3.45. The van der Waals surface area contributed by atoms with Crippen molar-refractivity contribution in [3.63, 3.8) is 0 Å². The van der Waals surface area contributed by atoms with Crippen LogP contribution in [-0.4, -0.2) is 66.9 Å². The van der Waals surface area contributed by atoms with E-state index in [1.807, 2.05) is 43.3 Å². The number of fused-ring (bicyclic) bond motifs is 3. The second-order valence-corrected chi connectivity index (χ2v) is 8.81. The van der Waals surface area contributed by atoms with Gasteiger partial charge in [-0.15, -0.1) is 0 Å². The lowest BCUT2D eigenvalue weighted by molar-refractivity contribution is -0.145. The number of hydrogen-bond acceptors (Lipinski definition) is 5. The smallest absolute Gasteiger partial charge is 0.407 e. The van der Waals surface area contributed by atoms with Crippen molar-refractivity contribution in [2.75, 3.05) is 26.9 Å². The number of carboxylic acid groups (broad SMARTS) is 1. The molecule has 0 radical (unpaired) electrons. The Bertz CT molecular complexity index is 1030. The third kappa shape index (κ3) is 4.63. The van der Waals surface area contributed by atoms with Crippen LogP contribution in [0.15, 0.2) is 48.5 Å². The molecular formula is C26H30N2O6. The molecule has 1 aliphatic carbocycles. The molecule has 34 heavy (non-hydrogen) atoms. The van der Waals surface area contributed by atoms with E-state index in [1.165, 1.54) is 4.90 Å². The van der Waals surface area contributed by atoms with Crippen LogP contribution in [0.5, 0.6) is 0 Å². The van der Waals surface area contributed by atoms with Gasteiger partial charge in [0.15, 0.2) is 0 Å². The molecule has 2 aromatic carbocycles. The van der Waals surface area contributed by atoms with Crippen molar-refractivity contribution in [1.82, 2.24) is 10.2 Å². The van der Waals surface area contributed by atoms with E-state index < -0.39 is 30.1 Å². The Morgan fingerprint density at radius 2 is 1.71 bits per heavy atom. The van der Waals surface area contributed by atoms with Gasteiger partial charge in [0.25, 0.3) is 0 Å². The molecule has 2 unspecified atom stereocenters. The predicted octanol–water partition coefficient (Wildman–Crippen LogP) is 3.25. The zero-order valence-corrected chi connectivity index (χ0v) is 19.4. The largest absolute Gasteiger partial charge is 0.481 e. The van der Waals surface area contributed by atoms with Crippen molar-refractivity contribution in [2.24, 2.45) is 5.92 Å². The fourth-order valence-corrected chi connectivity index (χ4v) is 4.90. The third-order valence-corrected chi connectivity index (χ3v) is 6.72. The number of alkyl carbamates (subject to hydrolysis) is 1. The number of nitrogens with zero attached hydrogens (tertiary/aromatic N) is 1. The molecule has 2 N–H and O–H groups in total. The molecule has 8 heteroatoms. The molecule has 1 fully saturated rings. The summed E-state index contributed by atoms with van der Waals surface area (Å²) in [6.45, 7) is 2.29. The fourth-order valence-electron chi connectivity index (χ4n) is 4.90. The van der Waals surface area contributed by atoms with Gasteiger partial charge in [0, 0.05) is 13.0 Å². The summed E-state index contributed by atoms with van der Waals surface area (Å²) >= 11 is 0. The highest BCUT2D eigenvalue weighted by atomic mass is 16.5. The van der Waals surface area contributed by atoms with Crippen LogP contribution in [0.4, 0.5) is 4.79 Å². The molecule has 2 amide bonds. The molecule has 8 nitrogen and oxygen atoms in total. The van der Waals surface area contributed by atoms with Gasteiger partial charge >= 0.3 is 12.1 Å². The van der Waals surface area contributed by atoms with Gasteiger partial charge in [-0.3, -0.25) is 9.59 Å². The molecule has 0 aromatic heterocycles. The van der Waals surface area contributed by atoms with Crippen molar-refractivity contribution in [2.45, 2.75) is 37.8 Å². The summed E-state index contributed by atoms with van der Waals surface area (Å²) in [5, 5.41) is 12.1. The maximum Gasteiger partial charge on any atom is 0.407 e. The maximum atomic E-state index is 13.1. The number of nitrogens with one attached hydrogen (secondary N) is 1. The first kappa shape index (κ1) is 23.8. The van der Waals surface area contributed by atoms with E-state index in [4.69, 9.17) is 9.47 Å². The minimum absolute atomic E-state index is 0.0653. The summed E-state index contributed by atoms with van der Waals surface area (Å²) in [5.41, 5.74) is 4.50. The molecule has 1 saturated heterocycles. The minimum Gasteiger partial charge on any atom is -0.481 e. The van der Waals surface area contributed by atoms with Gasteiger partial charge in [-0.1, -0.05) is 61.9 Å². The van der Waals surface area contributed by atoms with Crippen LogP contribution in [0.25, 0.3) is 11.1 Å². The Hall–Kier alpha value is -3.39. The van der Waals surface area contributed by atoms with Crippen LogP contribution in [-0.2, 0) is 19.1 Å². The van der Waals surface area contributed by atoms with Crippen molar-refractivity contribution in [1.29, 1.82) is 0 Å². The van der Waals surface area contributed by atoms with Crippen LogP contribution in [0.1, 0.15) is 36.8 Å². The zero-order valence-electron chi connectivity index (χ0n) is 19.4. The fraction of sp³-hybridized carbons (Fsp3) is 0.423. The van der Waals surface area contributed by atoms with Crippen molar-refractivity contribution < 1.29 is 29.0 Å². The normalized spacial score (nSPS) is 19.7. The van der Waals surface area contributed by atoms with E-state index in [0.29, 0.717) is 12.8 Å². The predicted molar refractivity (Wildman–Crippen MR) is 125 cm³/mol. The van der Waals surface area contributed by atoms with Gasteiger partial charge in [-0.2, -0.15) is 0 Å². The molecule has 1 aliphatic heterocycles. The van der Waals surface area contributed by atoms with Crippen LogP contribution in [0.3, 0.4) is 0 Å². The molecule has 1 heterocycles. The summed E-state index contributed by atoms with van der Waals surface area (Å²) in [6, 6.07) is 14.8. The first-order valence-electron chi connectivity index (χ1n) is 11.6. The molecule has 2 aliphatic rings. The van der Waals surface area contributed by atoms with Crippen LogP contribution < -0.4 is 5.32 Å². The van der Waals surface area contributed by atoms with Crippen LogP contribution in [0.2, 0.25) is 0 Å². The van der Waals surface area contributed by atoms with Gasteiger partial charge in [-0.25, -0.2) is 4.79 Å². The number of aliphatic carboxylic acids is 1. The molecule has 4 rings (SSSR count). The SMILES string of the molecule is CCC[C@H](NC(=O)OCC1c2ccccc2-c2ccccc21)C(=O)N(C)C1COCC1C(=O)O. The highest BCUT2D eigenvalue weighted by Gasteiger charge is 2.40. The molecule has 0 saturated carbocycles. The molecule has 0 bridgehead atoms. The van der Waals surface area contributed by atoms with E-state index >= 15 is 0 Å². The topological polar surface area (TPSA) is 105 Å². The van der Waals surface area contributed by atoms with E-state index in [0.717, 1.165) is 22.3 Å². The quantitative estimate of drug-likeness (QED) is 0.619. The number of ether oxygens (including phenoxy) is 2. The van der Waals surface area contributed by atoms with Crippen molar-refractivity contribution >= 4 is 18.0 Å². The van der Waals surface area contributed by atoms with E-state index in [1.54, 1.807) is 7.05 Å². The standard InChI is InChI=1S/C26H30N2O6/c1-3-8-22(24(29)28(2)23-15-33-13-21(23)25(30)31)27-26(32)34-14-20-18-11-6-4-9-16(18)17-10-5-7-12-19(17)20/h4-7,9-12,20-23H,3,8,13-15H2,1-2H3,(H,27,32)(H,30,31)/t21?,22-,23?/m0/s1. The Morgan fingerprint density at radius 3 is 2.29 bits per heavy atom. The van der Waals surface area contributed by atoms with Gasteiger partial charge in [0.2, 0.25) is 5.91 Å². The Balaban J connectivity index is 1.41. The summed E-state index contributed by atoms with van der Waals surface area (Å²) < 4.78 is 10.9. The number of rotatable bonds is 8. The lowest BCUT2D eigenvalue weighted by atomic mass is 9.98. The summed E-state index contributed by atoms with van der Waals surface area (Å²) in [7, 11) is 1.56. The first-order valence-corrected chi connectivity index (χ1v) is 11.6. The minimum atomic E-state index is -1.00. The number of carbonyl (C=O) groups excluding carboxylic acids is 2. The molecule has 180 valence electrons. The molecule has 3 atom stereocenters. The number of amides is 2. The van der Waals surface area contributed by atoms with Gasteiger partial charge in [0.1, 0.15) is 18.6 Å². The lowest BCUT2D eigenvalue weighted by Gasteiger charge is -2.30. The monoisotopic (exact) mass is 466 g/mol. The van der Waals surface area contributed by atoms with Crippen LogP contribution >= 0.6 is 0 Å². The average molecular weight is 467 g/mol. The second-order valence-electron chi connectivity index (χ2n) is 8.81. The second kappa shape index (κ2) is 10.3. The number of hydrogen-bond donors (Lipinski definition) is 2. The van der Waals surface area contributed by atoms with E-state index in [2.05, 4.69) is 17.4 Å². The van der Waals surface area contributed by atoms with Gasteiger partial charge in [-0.05, 0) is 28.7 Å². The van der Waals surface area contributed by atoms with Crippen LogP contribution in [0, 0.1) is 5.92 Å². The highest BCUT2D eigenvalue weighted by molar-refractivity contribution is 5.86. The number of carbonyl (C=O) groups is 3. The van der Waals surface area contributed by atoms with Crippen molar-refractivity contribution in [3.05, 3.63) is 59.7 Å². The van der Waals surface area contributed by atoms with E-state index in [-0.39, 0.29) is 31.6 Å². The molecule has 2 aromatic rings. The lowest BCUT2D eigenvalue weighted by Crippen LogP contribution is -2.53. The maximum absolute atomic E-state index is 13.1. The molecular weight excluding hydrogens is 436 g/mol. The Morgan fingerprint density at radius 1 is 1.09 bits per heavy atom. The number of carboxylic acids is 1.